The first kappa shape index (κ1) is 13.5. The average Bonchev–Trinajstić information content (AvgIpc) is 2.83. The van der Waals surface area contributed by atoms with Crippen LogP contribution in [0, 0.1) is 22.7 Å². The van der Waals surface area contributed by atoms with Crippen molar-refractivity contribution in [1.82, 2.24) is 15.0 Å². The SMILES string of the molecule is N#Cc1nc(NC(=O)Cc2ccc(Cl)nc2)[nH]c1C#N. The lowest BCUT2D eigenvalue weighted by Crippen LogP contribution is -2.15. The lowest BCUT2D eigenvalue weighted by Gasteiger charge is -2.01. The molecule has 2 heterocycles. The maximum atomic E-state index is 11.8. The summed E-state index contributed by atoms with van der Waals surface area (Å²) < 4.78 is 0. The minimum Gasteiger partial charge on any atom is -0.314 e. The van der Waals surface area contributed by atoms with E-state index >= 15 is 0 Å². The largest absolute Gasteiger partial charge is 0.314 e. The number of hydrogen-bond acceptors (Lipinski definition) is 5. The Bertz CT molecular complexity index is 690. The third-order valence-corrected chi connectivity index (χ3v) is 2.56. The quantitative estimate of drug-likeness (QED) is 0.826. The lowest BCUT2D eigenvalue weighted by molar-refractivity contribution is -0.115. The molecule has 2 rings (SSSR count). The lowest BCUT2D eigenvalue weighted by atomic mass is 10.2. The highest BCUT2D eigenvalue weighted by molar-refractivity contribution is 6.29. The van der Waals surface area contributed by atoms with E-state index in [1.807, 2.05) is 0 Å². The van der Waals surface area contributed by atoms with E-state index in [-0.39, 0.29) is 29.7 Å². The molecule has 98 valence electrons. The van der Waals surface area contributed by atoms with Crippen LogP contribution < -0.4 is 5.32 Å². The van der Waals surface area contributed by atoms with Crippen LogP contribution in [0.3, 0.4) is 0 Å². The minimum absolute atomic E-state index is 0.0101. The van der Waals surface area contributed by atoms with Gasteiger partial charge in [-0.1, -0.05) is 17.7 Å². The van der Waals surface area contributed by atoms with Gasteiger partial charge in [-0.25, -0.2) is 9.97 Å². The number of nitriles is 2. The molecule has 0 aliphatic carbocycles. The first-order valence-corrected chi connectivity index (χ1v) is 5.80. The number of carbonyl (C=O) groups is 1. The summed E-state index contributed by atoms with van der Waals surface area (Å²) in [5.41, 5.74) is 0.631. The molecule has 7 nitrogen and oxygen atoms in total. The van der Waals surface area contributed by atoms with Crippen molar-refractivity contribution in [2.24, 2.45) is 0 Å². The van der Waals surface area contributed by atoms with Gasteiger partial charge in [0.2, 0.25) is 11.9 Å². The van der Waals surface area contributed by atoms with E-state index in [1.165, 1.54) is 6.20 Å². The van der Waals surface area contributed by atoms with E-state index < -0.39 is 0 Å². The molecule has 0 aromatic carbocycles. The van der Waals surface area contributed by atoms with Crippen molar-refractivity contribution in [1.29, 1.82) is 10.5 Å². The zero-order valence-corrected chi connectivity index (χ0v) is 10.8. The normalized spacial score (nSPS) is 9.55. The molecule has 2 aromatic rings. The van der Waals surface area contributed by atoms with Crippen LogP contribution in [0.25, 0.3) is 0 Å². The van der Waals surface area contributed by atoms with Crippen molar-refractivity contribution in [3.8, 4) is 12.1 Å². The Morgan fingerprint density at radius 1 is 1.40 bits per heavy atom. The number of imidazole rings is 1. The van der Waals surface area contributed by atoms with E-state index in [0.29, 0.717) is 10.7 Å². The number of rotatable bonds is 3. The van der Waals surface area contributed by atoms with Gasteiger partial charge in [0, 0.05) is 6.20 Å². The van der Waals surface area contributed by atoms with Gasteiger partial charge in [-0.05, 0) is 11.6 Å². The van der Waals surface area contributed by atoms with Crippen molar-refractivity contribution in [3.05, 3.63) is 40.4 Å². The zero-order chi connectivity index (χ0) is 14.5. The van der Waals surface area contributed by atoms with E-state index in [9.17, 15) is 4.79 Å². The molecule has 0 aliphatic rings. The molecule has 20 heavy (non-hydrogen) atoms. The van der Waals surface area contributed by atoms with Crippen molar-refractivity contribution in [2.75, 3.05) is 5.32 Å². The molecule has 0 fully saturated rings. The highest BCUT2D eigenvalue weighted by Crippen LogP contribution is 2.09. The number of amides is 1. The predicted molar refractivity (Wildman–Crippen MR) is 69.6 cm³/mol. The molecule has 0 spiro atoms. The summed E-state index contributed by atoms with van der Waals surface area (Å²) in [7, 11) is 0. The van der Waals surface area contributed by atoms with Crippen LogP contribution in [-0.2, 0) is 11.2 Å². The fraction of sp³-hybridized carbons (Fsp3) is 0.0833. The first-order chi connectivity index (χ1) is 9.62. The Labute approximate surface area is 118 Å². The molecule has 0 unspecified atom stereocenters. The predicted octanol–water partition coefficient (Wildman–Crippen LogP) is 1.38. The van der Waals surface area contributed by atoms with Crippen LogP contribution in [0.1, 0.15) is 17.0 Å². The topological polar surface area (TPSA) is 118 Å². The van der Waals surface area contributed by atoms with Gasteiger partial charge in [-0.2, -0.15) is 10.5 Å². The standard InChI is InChI=1S/C12H7ClN6O/c13-10-2-1-7(6-16-10)3-11(20)19-12-17-8(4-14)9(5-15)18-12/h1-2,6H,3H2,(H2,17,18,19,20). The van der Waals surface area contributed by atoms with Crippen molar-refractivity contribution in [3.63, 3.8) is 0 Å². The molecule has 0 bridgehead atoms. The molecular formula is C12H7ClN6O. The fourth-order valence-corrected chi connectivity index (χ4v) is 1.58. The Morgan fingerprint density at radius 2 is 2.20 bits per heavy atom. The molecule has 2 N–H and O–H groups in total. The minimum atomic E-state index is -0.350. The second-order valence-corrected chi connectivity index (χ2v) is 4.13. The summed E-state index contributed by atoms with van der Waals surface area (Å²) in [6, 6.07) is 6.80. The van der Waals surface area contributed by atoms with Crippen molar-refractivity contribution in [2.45, 2.75) is 6.42 Å². The summed E-state index contributed by atoms with van der Waals surface area (Å²) in [4.78, 5) is 22.0. The van der Waals surface area contributed by atoms with Gasteiger partial charge in [0.15, 0.2) is 11.4 Å². The van der Waals surface area contributed by atoms with E-state index in [0.717, 1.165) is 0 Å². The summed E-state index contributed by atoms with van der Waals surface area (Å²) >= 11 is 5.64. The molecule has 0 saturated carbocycles. The highest BCUT2D eigenvalue weighted by atomic mass is 35.5. The molecule has 2 aromatic heterocycles. The molecule has 0 aliphatic heterocycles. The van der Waals surface area contributed by atoms with Gasteiger partial charge in [0.1, 0.15) is 17.3 Å². The van der Waals surface area contributed by atoms with Crippen molar-refractivity contribution >= 4 is 23.5 Å². The molecule has 0 atom stereocenters. The second kappa shape index (κ2) is 5.83. The van der Waals surface area contributed by atoms with Gasteiger partial charge in [0.25, 0.3) is 0 Å². The van der Waals surface area contributed by atoms with Gasteiger partial charge in [-0.3, -0.25) is 10.1 Å². The third kappa shape index (κ3) is 3.10. The van der Waals surface area contributed by atoms with Crippen molar-refractivity contribution < 1.29 is 4.79 Å². The number of anilines is 1. The third-order valence-electron chi connectivity index (χ3n) is 2.33. The van der Waals surface area contributed by atoms with E-state index in [2.05, 4.69) is 20.3 Å². The number of halogens is 1. The maximum Gasteiger partial charge on any atom is 0.231 e. The Hall–Kier alpha value is -2.90. The number of nitrogens with zero attached hydrogens (tertiary/aromatic N) is 4. The summed E-state index contributed by atoms with van der Waals surface area (Å²) in [5, 5.41) is 20.3. The molecule has 0 radical (unpaired) electrons. The molecule has 8 heteroatoms. The van der Waals surface area contributed by atoms with Gasteiger partial charge in [0.05, 0.1) is 6.42 Å². The van der Waals surface area contributed by atoms with Crippen LogP contribution in [0.2, 0.25) is 5.15 Å². The summed E-state index contributed by atoms with van der Waals surface area (Å²) in [6.45, 7) is 0. The summed E-state index contributed by atoms with van der Waals surface area (Å²) in [5.74, 6) is -0.290. The Balaban J connectivity index is 2.05. The molecule has 1 amide bonds. The number of H-pyrrole nitrogens is 1. The number of aromatic nitrogens is 3. The summed E-state index contributed by atoms with van der Waals surface area (Å²) in [6.07, 6.45) is 1.57. The maximum absolute atomic E-state index is 11.8. The van der Waals surface area contributed by atoms with E-state index in [1.54, 1.807) is 24.3 Å². The smallest absolute Gasteiger partial charge is 0.231 e. The van der Waals surface area contributed by atoms with Crippen LogP contribution in [0.5, 0.6) is 0 Å². The zero-order valence-electron chi connectivity index (χ0n) is 10.0. The second-order valence-electron chi connectivity index (χ2n) is 3.75. The van der Waals surface area contributed by atoms with Crippen LogP contribution >= 0.6 is 11.6 Å². The van der Waals surface area contributed by atoms with Gasteiger partial charge < -0.3 is 4.98 Å². The number of aromatic amines is 1. The monoisotopic (exact) mass is 286 g/mol. The number of hydrogen-bond donors (Lipinski definition) is 2. The molecule has 0 saturated heterocycles. The van der Waals surface area contributed by atoms with E-state index in [4.69, 9.17) is 22.1 Å². The Kier molecular flexibility index (Phi) is 3.94. The average molecular weight is 287 g/mol. The Morgan fingerprint density at radius 3 is 2.75 bits per heavy atom. The highest BCUT2D eigenvalue weighted by Gasteiger charge is 2.12. The van der Waals surface area contributed by atoms with Crippen LogP contribution in [0.15, 0.2) is 18.3 Å². The fourth-order valence-electron chi connectivity index (χ4n) is 1.47. The molecular weight excluding hydrogens is 280 g/mol. The van der Waals surface area contributed by atoms with Gasteiger partial charge >= 0.3 is 0 Å². The van der Waals surface area contributed by atoms with Crippen LogP contribution in [-0.4, -0.2) is 20.9 Å². The van der Waals surface area contributed by atoms with Gasteiger partial charge in [-0.15, -0.1) is 0 Å². The van der Waals surface area contributed by atoms with Crippen LogP contribution in [0.4, 0.5) is 5.95 Å². The number of carbonyl (C=O) groups excluding carboxylic acids is 1. The number of pyridine rings is 1. The first-order valence-electron chi connectivity index (χ1n) is 5.43. The number of nitrogens with one attached hydrogen (secondary N) is 2.